The normalized spacial score (nSPS) is 17.5. The monoisotopic (exact) mass is 291 g/mol. The molecule has 0 aromatic heterocycles. The molecule has 0 bridgehead atoms. The van der Waals surface area contributed by atoms with Gasteiger partial charge in [-0.15, -0.1) is 0 Å². The fourth-order valence-corrected chi connectivity index (χ4v) is 2.24. The van der Waals surface area contributed by atoms with Crippen molar-refractivity contribution in [3.05, 3.63) is 29.8 Å². The minimum absolute atomic E-state index is 0.0306. The van der Waals surface area contributed by atoms with Gasteiger partial charge in [-0.3, -0.25) is 9.59 Å². The predicted molar refractivity (Wildman–Crippen MR) is 78.5 cm³/mol. The van der Waals surface area contributed by atoms with Crippen LogP contribution in [-0.2, 0) is 9.53 Å². The van der Waals surface area contributed by atoms with Gasteiger partial charge in [-0.05, 0) is 30.7 Å². The molecule has 0 aliphatic carbocycles. The second kappa shape index (κ2) is 7.78. The van der Waals surface area contributed by atoms with Crippen LogP contribution in [0.5, 0.6) is 5.75 Å². The Labute approximate surface area is 124 Å². The molecule has 5 nitrogen and oxygen atoms in total. The van der Waals surface area contributed by atoms with Gasteiger partial charge < -0.3 is 14.8 Å². The minimum atomic E-state index is -0.0799. The van der Waals surface area contributed by atoms with Crippen molar-refractivity contribution >= 4 is 11.7 Å². The lowest BCUT2D eigenvalue weighted by atomic mass is 10.1. The molecule has 0 spiro atoms. The number of benzene rings is 1. The molecular formula is C16H21NO4. The van der Waals surface area contributed by atoms with Crippen LogP contribution >= 0.6 is 0 Å². The first-order chi connectivity index (χ1) is 10.2. The van der Waals surface area contributed by atoms with E-state index in [0.29, 0.717) is 30.4 Å². The molecule has 0 radical (unpaired) electrons. The van der Waals surface area contributed by atoms with Gasteiger partial charge >= 0.3 is 0 Å². The van der Waals surface area contributed by atoms with Crippen molar-refractivity contribution in [1.29, 1.82) is 0 Å². The standard InChI is InChI=1S/C16H21NO4/c1-20-14-4-2-13(3-5-14)15(18)6-7-16(19)17-10-12-8-9-21-11-12/h2-5,12H,6-11H2,1H3,(H,17,19). The summed E-state index contributed by atoms with van der Waals surface area (Å²) >= 11 is 0. The van der Waals surface area contributed by atoms with Gasteiger partial charge in [0.05, 0.1) is 13.7 Å². The van der Waals surface area contributed by atoms with Crippen LogP contribution in [0.4, 0.5) is 0 Å². The molecule has 21 heavy (non-hydrogen) atoms. The van der Waals surface area contributed by atoms with Gasteiger partial charge in [-0.25, -0.2) is 0 Å². The highest BCUT2D eigenvalue weighted by Crippen LogP contribution is 2.14. The molecule has 1 saturated heterocycles. The molecule has 1 aromatic rings. The second-order valence-electron chi connectivity index (χ2n) is 5.19. The summed E-state index contributed by atoms with van der Waals surface area (Å²) < 4.78 is 10.3. The zero-order chi connectivity index (χ0) is 15.1. The number of amides is 1. The van der Waals surface area contributed by atoms with Gasteiger partial charge in [-0.1, -0.05) is 0 Å². The van der Waals surface area contributed by atoms with Gasteiger partial charge in [0.2, 0.25) is 5.91 Å². The fraction of sp³-hybridized carbons (Fsp3) is 0.500. The summed E-state index contributed by atoms with van der Waals surface area (Å²) in [6.45, 7) is 2.12. The maximum Gasteiger partial charge on any atom is 0.220 e. The van der Waals surface area contributed by atoms with E-state index in [-0.39, 0.29) is 24.5 Å². The molecule has 1 fully saturated rings. The van der Waals surface area contributed by atoms with E-state index >= 15 is 0 Å². The maximum absolute atomic E-state index is 12.0. The minimum Gasteiger partial charge on any atom is -0.497 e. The highest BCUT2D eigenvalue weighted by Gasteiger charge is 2.16. The number of rotatable bonds is 7. The van der Waals surface area contributed by atoms with Crippen LogP contribution in [0.25, 0.3) is 0 Å². The molecule has 0 saturated carbocycles. The van der Waals surface area contributed by atoms with E-state index in [1.165, 1.54) is 0 Å². The van der Waals surface area contributed by atoms with Crippen LogP contribution in [0.15, 0.2) is 24.3 Å². The van der Waals surface area contributed by atoms with E-state index in [1.54, 1.807) is 31.4 Å². The molecule has 5 heteroatoms. The predicted octanol–water partition coefficient (Wildman–Crippen LogP) is 1.81. The average molecular weight is 291 g/mol. The van der Waals surface area contributed by atoms with Crippen molar-refractivity contribution in [2.75, 3.05) is 26.9 Å². The van der Waals surface area contributed by atoms with E-state index in [2.05, 4.69) is 5.32 Å². The van der Waals surface area contributed by atoms with Gasteiger partial charge in [0, 0.05) is 37.5 Å². The van der Waals surface area contributed by atoms with Crippen LogP contribution in [0.1, 0.15) is 29.6 Å². The lowest BCUT2D eigenvalue weighted by Crippen LogP contribution is -2.29. The molecule has 1 aliphatic rings. The van der Waals surface area contributed by atoms with Crippen molar-refractivity contribution < 1.29 is 19.1 Å². The number of ether oxygens (including phenoxy) is 2. The van der Waals surface area contributed by atoms with Crippen molar-refractivity contribution in [3.63, 3.8) is 0 Å². The Morgan fingerprint density at radius 1 is 1.29 bits per heavy atom. The fourth-order valence-electron chi connectivity index (χ4n) is 2.24. The van der Waals surface area contributed by atoms with E-state index in [0.717, 1.165) is 13.0 Å². The van der Waals surface area contributed by atoms with Gasteiger partial charge in [0.15, 0.2) is 5.78 Å². The van der Waals surface area contributed by atoms with E-state index < -0.39 is 0 Å². The van der Waals surface area contributed by atoms with E-state index in [1.807, 2.05) is 0 Å². The number of ketones is 1. The Bertz CT molecular complexity index is 478. The Hall–Kier alpha value is -1.88. The van der Waals surface area contributed by atoms with Crippen molar-refractivity contribution in [3.8, 4) is 5.75 Å². The smallest absolute Gasteiger partial charge is 0.220 e. The first-order valence-electron chi connectivity index (χ1n) is 7.20. The van der Waals surface area contributed by atoms with Gasteiger partial charge in [0.1, 0.15) is 5.75 Å². The summed E-state index contributed by atoms with van der Waals surface area (Å²) in [6, 6.07) is 6.92. The molecule has 2 rings (SSSR count). The number of carbonyl (C=O) groups excluding carboxylic acids is 2. The molecule has 1 atom stereocenters. The largest absolute Gasteiger partial charge is 0.497 e. The molecular weight excluding hydrogens is 270 g/mol. The lowest BCUT2D eigenvalue weighted by molar-refractivity contribution is -0.121. The van der Waals surface area contributed by atoms with Crippen LogP contribution in [0.3, 0.4) is 0 Å². The van der Waals surface area contributed by atoms with E-state index in [9.17, 15) is 9.59 Å². The zero-order valence-electron chi connectivity index (χ0n) is 12.3. The molecule has 1 aromatic carbocycles. The third kappa shape index (κ3) is 4.86. The van der Waals surface area contributed by atoms with Crippen molar-refractivity contribution in [2.24, 2.45) is 5.92 Å². The molecule has 1 N–H and O–H groups in total. The summed E-state index contributed by atoms with van der Waals surface area (Å²) in [4.78, 5) is 23.7. The molecule has 1 aliphatic heterocycles. The summed E-state index contributed by atoms with van der Waals surface area (Å²) in [7, 11) is 1.58. The summed E-state index contributed by atoms with van der Waals surface area (Å²) in [5.74, 6) is 1.01. The SMILES string of the molecule is COc1ccc(C(=O)CCC(=O)NCC2CCOC2)cc1. The number of nitrogens with one attached hydrogen (secondary N) is 1. The topological polar surface area (TPSA) is 64.6 Å². The molecule has 1 unspecified atom stereocenters. The molecule has 1 amide bonds. The molecule has 114 valence electrons. The van der Waals surface area contributed by atoms with Crippen molar-refractivity contribution in [2.45, 2.75) is 19.3 Å². The summed E-state index contributed by atoms with van der Waals surface area (Å²) in [5.41, 5.74) is 0.604. The van der Waals surface area contributed by atoms with Gasteiger partial charge in [0.25, 0.3) is 0 Å². The Morgan fingerprint density at radius 2 is 2.05 bits per heavy atom. The first kappa shape index (κ1) is 15.5. The van der Waals surface area contributed by atoms with Crippen molar-refractivity contribution in [1.82, 2.24) is 5.32 Å². The summed E-state index contributed by atoms with van der Waals surface area (Å²) in [5, 5.41) is 2.86. The number of hydrogen-bond acceptors (Lipinski definition) is 4. The Balaban J connectivity index is 1.70. The average Bonchev–Trinajstić information content (AvgIpc) is 3.04. The lowest BCUT2D eigenvalue weighted by Gasteiger charge is -2.09. The van der Waals surface area contributed by atoms with Crippen LogP contribution in [0.2, 0.25) is 0 Å². The van der Waals surface area contributed by atoms with Crippen LogP contribution in [0, 0.1) is 5.92 Å². The zero-order valence-corrected chi connectivity index (χ0v) is 12.3. The maximum atomic E-state index is 12.0. The number of carbonyl (C=O) groups is 2. The highest BCUT2D eigenvalue weighted by molar-refractivity contribution is 5.98. The van der Waals surface area contributed by atoms with Crippen LogP contribution in [-0.4, -0.2) is 38.6 Å². The molecule has 1 heterocycles. The van der Waals surface area contributed by atoms with E-state index in [4.69, 9.17) is 9.47 Å². The highest BCUT2D eigenvalue weighted by atomic mass is 16.5. The third-order valence-corrected chi connectivity index (χ3v) is 3.60. The summed E-state index contributed by atoms with van der Waals surface area (Å²) in [6.07, 6.45) is 1.43. The first-order valence-corrected chi connectivity index (χ1v) is 7.20. The quantitative estimate of drug-likeness (QED) is 0.778. The Morgan fingerprint density at radius 3 is 2.67 bits per heavy atom. The number of methoxy groups -OCH3 is 1. The number of Topliss-reactive ketones (excluding diaryl/α,β-unsaturated/α-hetero) is 1. The van der Waals surface area contributed by atoms with Crippen LogP contribution < -0.4 is 10.1 Å². The number of hydrogen-bond donors (Lipinski definition) is 1. The van der Waals surface area contributed by atoms with Gasteiger partial charge in [-0.2, -0.15) is 0 Å². The second-order valence-corrected chi connectivity index (χ2v) is 5.19. The Kier molecular flexibility index (Phi) is 5.75. The third-order valence-electron chi connectivity index (χ3n) is 3.60.